The molecule has 0 aliphatic carbocycles. The molecule has 0 bridgehead atoms. The van der Waals surface area contributed by atoms with Crippen molar-refractivity contribution >= 4 is 23.2 Å². The fraction of sp³-hybridized carbons (Fsp3) is 0.130. The molecule has 0 aliphatic rings. The highest BCUT2D eigenvalue weighted by Gasteiger charge is 2.12. The summed E-state index contributed by atoms with van der Waals surface area (Å²) < 4.78 is 0. The third kappa shape index (κ3) is 4.42. The molecule has 0 heterocycles. The van der Waals surface area contributed by atoms with Crippen LogP contribution in [0.25, 0.3) is 0 Å². The van der Waals surface area contributed by atoms with E-state index in [1.165, 1.54) is 0 Å². The van der Waals surface area contributed by atoms with Gasteiger partial charge in [-0.25, -0.2) is 0 Å². The SMILES string of the molecule is Cc1ccc(C(=O)Nc2cccc(NC(=O)c3ccc(C)cc3)c2C)cc1. The van der Waals surface area contributed by atoms with Crippen molar-refractivity contribution in [3.63, 3.8) is 0 Å². The Kier molecular flexibility index (Phi) is 5.36. The van der Waals surface area contributed by atoms with Crippen LogP contribution in [0, 0.1) is 20.8 Å². The molecule has 27 heavy (non-hydrogen) atoms. The molecule has 3 rings (SSSR count). The van der Waals surface area contributed by atoms with Crippen LogP contribution in [0.5, 0.6) is 0 Å². The Labute approximate surface area is 159 Å². The number of rotatable bonds is 4. The van der Waals surface area contributed by atoms with Crippen molar-refractivity contribution < 1.29 is 9.59 Å². The van der Waals surface area contributed by atoms with Gasteiger partial charge in [-0.3, -0.25) is 9.59 Å². The van der Waals surface area contributed by atoms with Crippen molar-refractivity contribution in [3.8, 4) is 0 Å². The molecule has 0 spiro atoms. The minimum absolute atomic E-state index is 0.180. The van der Waals surface area contributed by atoms with Gasteiger partial charge in [0.15, 0.2) is 0 Å². The fourth-order valence-corrected chi connectivity index (χ4v) is 2.71. The van der Waals surface area contributed by atoms with E-state index in [1.807, 2.05) is 63.2 Å². The lowest BCUT2D eigenvalue weighted by molar-refractivity contribution is 0.101. The summed E-state index contributed by atoms with van der Waals surface area (Å²) in [5, 5.41) is 5.83. The smallest absolute Gasteiger partial charge is 0.255 e. The number of benzene rings is 3. The Bertz CT molecular complexity index is 897. The summed E-state index contributed by atoms with van der Waals surface area (Å²) in [6.07, 6.45) is 0. The maximum absolute atomic E-state index is 12.5. The van der Waals surface area contributed by atoms with Crippen molar-refractivity contribution in [2.45, 2.75) is 20.8 Å². The lowest BCUT2D eigenvalue weighted by atomic mass is 10.1. The maximum Gasteiger partial charge on any atom is 0.255 e. The first-order valence-corrected chi connectivity index (χ1v) is 8.79. The molecule has 0 aromatic heterocycles. The van der Waals surface area contributed by atoms with Gasteiger partial charge in [0.1, 0.15) is 0 Å². The number of carbonyl (C=O) groups is 2. The lowest BCUT2D eigenvalue weighted by Gasteiger charge is -2.14. The van der Waals surface area contributed by atoms with E-state index < -0.39 is 0 Å². The van der Waals surface area contributed by atoms with Crippen molar-refractivity contribution in [2.75, 3.05) is 10.6 Å². The molecule has 3 aromatic rings. The summed E-state index contributed by atoms with van der Waals surface area (Å²) in [5.74, 6) is -0.361. The normalized spacial score (nSPS) is 10.3. The quantitative estimate of drug-likeness (QED) is 0.680. The number of nitrogens with one attached hydrogen (secondary N) is 2. The molecule has 3 aromatic carbocycles. The molecule has 2 N–H and O–H groups in total. The third-order valence-electron chi connectivity index (χ3n) is 4.46. The Balaban J connectivity index is 1.77. The fourth-order valence-electron chi connectivity index (χ4n) is 2.71. The van der Waals surface area contributed by atoms with Gasteiger partial charge in [-0.15, -0.1) is 0 Å². The average molecular weight is 358 g/mol. The molecule has 2 amide bonds. The van der Waals surface area contributed by atoms with Gasteiger partial charge in [0.05, 0.1) is 0 Å². The Morgan fingerprint density at radius 1 is 0.593 bits per heavy atom. The molecule has 0 unspecified atom stereocenters. The van der Waals surface area contributed by atoms with Gasteiger partial charge >= 0.3 is 0 Å². The van der Waals surface area contributed by atoms with Gasteiger partial charge in [0, 0.05) is 22.5 Å². The monoisotopic (exact) mass is 358 g/mol. The summed E-state index contributed by atoms with van der Waals surface area (Å²) in [6, 6.07) is 20.2. The summed E-state index contributed by atoms with van der Waals surface area (Å²) in [4.78, 5) is 24.9. The van der Waals surface area contributed by atoms with Crippen LogP contribution in [0.2, 0.25) is 0 Å². The first kappa shape index (κ1) is 18.4. The number of carbonyl (C=O) groups excluding carboxylic acids is 2. The van der Waals surface area contributed by atoms with Crippen LogP contribution >= 0.6 is 0 Å². The second kappa shape index (κ2) is 7.87. The van der Waals surface area contributed by atoms with E-state index in [0.717, 1.165) is 16.7 Å². The molecule has 0 saturated carbocycles. The predicted octanol–water partition coefficient (Wildman–Crippen LogP) is 5.12. The van der Waals surface area contributed by atoms with Crippen LogP contribution in [-0.2, 0) is 0 Å². The maximum atomic E-state index is 12.5. The van der Waals surface area contributed by atoms with E-state index in [2.05, 4.69) is 10.6 Å². The summed E-state index contributed by atoms with van der Waals surface area (Å²) >= 11 is 0. The number of amides is 2. The summed E-state index contributed by atoms with van der Waals surface area (Å²) in [5.41, 5.74) is 5.53. The van der Waals surface area contributed by atoms with E-state index in [1.54, 1.807) is 24.3 Å². The highest BCUT2D eigenvalue weighted by atomic mass is 16.2. The molecular formula is C23H22N2O2. The standard InChI is InChI=1S/C23H22N2O2/c1-15-7-11-18(12-8-15)22(26)24-20-5-4-6-21(17(20)3)25-23(27)19-13-9-16(2)10-14-19/h4-14H,1-3H3,(H,24,26)(H,25,27). The Hall–Kier alpha value is -3.40. The molecule has 4 heteroatoms. The van der Waals surface area contributed by atoms with Gasteiger partial charge in [0.2, 0.25) is 0 Å². The average Bonchev–Trinajstić information content (AvgIpc) is 2.66. The first-order valence-electron chi connectivity index (χ1n) is 8.79. The highest BCUT2D eigenvalue weighted by Crippen LogP contribution is 2.24. The third-order valence-corrected chi connectivity index (χ3v) is 4.46. The second-order valence-corrected chi connectivity index (χ2v) is 6.62. The minimum Gasteiger partial charge on any atom is -0.322 e. The number of anilines is 2. The molecule has 0 aliphatic heterocycles. The van der Waals surface area contributed by atoms with Crippen LogP contribution in [0.3, 0.4) is 0 Å². The minimum atomic E-state index is -0.180. The van der Waals surface area contributed by atoms with Gasteiger partial charge in [-0.05, 0) is 62.7 Å². The zero-order chi connectivity index (χ0) is 19.4. The topological polar surface area (TPSA) is 58.2 Å². The van der Waals surface area contributed by atoms with Gasteiger partial charge in [0.25, 0.3) is 11.8 Å². The predicted molar refractivity (Wildman–Crippen MR) is 109 cm³/mol. The lowest BCUT2D eigenvalue weighted by Crippen LogP contribution is -2.15. The zero-order valence-corrected chi connectivity index (χ0v) is 15.7. The van der Waals surface area contributed by atoms with Crippen LogP contribution < -0.4 is 10.6 Å². The van der Waals surface area contributed by atoms with Gasteiger partial charge < -0.3 is 10.6 Å². The van der Waals surface area contributed by atoms with E-state index in [4.69, 9.17) is 0 Å². The van der Waals surface area contributed by atoms with Crippen LogP contribution in [0.15, 0.2) is 66.7 Å². The van der Waals surface area contributed by atoms with Crippen LogP contribution in [0.4, 0.5) is 11.4 Å². The zero-order valence-electron chi connectivity index (χ0n) is 15.7. The van der Waals surface area contributed by atoms with Crippen molar-refractivity contribution in [1.29, 1.82) is 0 Å². The van der Waals surface area contributed by atoms with Crippen molar-refractivity contribution in [2.24, 2.45) is 0 Å². The van der Waals surface area contributed by atoms with Crippen LogP contribution in [0.1, 0.15) is 37.4 Å². The second-order valence-electron chi connectivity index (χ2n) is 6.62. The summed E-state index contributed by atoms with van der Waals surface area (Å²) in [7, 11) is 0. The Morgan fingerprint density at radius 3 is 1.33 bits per heavy atom. The van der Waals surface area contributed by atoms with Crippen molar-refractivity contribution in [3.05, 3.63) is 94.5 Å². The number of hydrogen-bond acceptors (Lipinski definition) is 2. The van der Waals surface area contributed by atoms with E-state index in [0.29, 0.717) is 22.5 Å². The van der Waals surface area contributed by atoms with Crippen LogP contribution in [-0.4, -0.2) is 11.8 Å². The molecular weight excluding hydrogens is 336 g/mol. The number of aryl methyl sites for hydroxylation is 2. The largest absolute Gasteiger partial charge is 0.322 e. The van der Waals surface area contributed by atoms with Gasteiger partial charge in [-0.2, -0.15) is 0 Å². The van der Waals surface area contributed by atoms with Crippen molar-refractivity contribution in [1.82, 2.24) is 0 Å². The number of hydrogen-bond donors (Lipinski definition) is 2. The Morgan fingerprint density at radius 2 is 0.963 bits per heavy atom. The molecule has 0 atom stereocenters. The molecule has 136 valence electrons. The molecule has 0 radical (unpaired) electrons. The van der Waals surface area contributed by atoms with E-state index in [9.17, 15) is 9.59 Å². The summed E-state index contributed by atoms with van der Waals surface area (Å²) in [6.45, 7) is 5.83. The van der Waals surface area contributed by atoms with E-state index in [-0.39, 0.29) is 11.8 Å². The van der Waals surface area contributed by atoms with Gasteiger partial charge in [-0.1, -0.05) is 41.5 Å². The molecule has 0 saturated heterocycles. The molecule has 4 nitrogen and oxygen atoms in total. The molecule has 0 fully saturated rings. The highest BCUT2D eigenvalue weighted by molar-refractivity contribution is 6.07. The van der Waals surface area contributed by atoms with E-state index >= 15 is 0 Å². The first-order chi connectivity index (χ1) is 12.9.